The average molecular weight is 245 g/mol. The van der Waals surface area contributed by atoms with Crippen molar-refractivity contribution in [1.29, 1.82) is 0 Å². The van der Waals surface area contributed by atoms with Gasteiger partial charge in [-0.3, -0.25) is 4.79 Å². The first-order valence-corrected chi connectivity index (χ1v) is 5.81. The summed E-state index contributed by atoms with van der Waals surface area (Å²) in [5, 5.41) is 0.996. The van der Waals surface area contributed by atoms with Crippen LogP contribution < -0.4 is 0 Å². The van der Waals surface area contributed by atoms with E-state index in [2.05, 4.69) is 6.92 Å². The van der Waals surface area contributed by atoms with Gasteiger partial charge in [0.1, 0.15) is 0 Å². The normalized spacial score (nSPS) is 12.5. The smallest absolute Gasteiger partial charge is 0.167 e. The van der Waals surface area contributed by atoms with Crippen molar-refractivity contribution in [3.8, 4) is 0 Å². The van der Waals surface area contributed by atoms with Crippen LogP contribution in [-0.2, 0) is 0 Å². The first-order chi connectivity index (χ1) is 7.06. The number of carbonyl (C=O) groups excluding carboxylic acids is 1. The quantitative estimate of drug-likeness (QED) is 0.708. The molecule has 0 amide bonds. The molecule has 0 spiro atoms. The molecule has 1 aromatic rings. The van der Waals surface area contributed by atoms with Gasteiger partial charge in [-0.2, -0.15) is 0 Å². The Morgan fingerprint density at radius 2 is 2.07 bits per heavy atom. The molecule has 1 atom stereocenters. The van der Waals surface area contributed by atoms with Crippen molar-refractivity contribution in [3.63, 3.8) is 0 Å². The van der Waals surface area contributed by atoms with Crippen molar-refractivity contribution >= 4 is 29.0 Å². The number of carbonyl (C=O) groups is 1. The third-order valence-electron chi connectivity index (χ3n) is 2.37. The maximum atomic E-state index is 11.9. The van der Waals surface area contributed by atoms with Crippen molar-refractivity contribution < 1.29 is 4.79 Å². The van der Waals surface area contributed by atoms with E-state index in [1.54, 1.807) is 18.2 Å². The van der Waals surface area contributed by atoms with E-state index in [9.17, 15) is 4.79 Å². The topological polar surface area (TPSA) is 17.1 Å². The predicted octanol–water partition coefficient (Wildman–Crippen LogP) is 4.61. The van der Waals surface area contributed by atoms with Gasteiger partial charge in [0, 0.05) is 16.5 Å². The molecule has 0 saturated heterocycles. The Kier molecular flexibility index (Phi) is 4.62. The monoisotopic (exact) mass is 244 g/mol. The first-order valence-electron chi connectivity index (χ1n) is 5.05. The summed E-state index contributed by atoms with van der Waals surface area (Å²) in [6.45, 7) is 3.99. The third-order valence-corrected chi connectivity index (χ3v) is 2.91. The fourth-order valence-electron chi connectivity index (χ4n) is 1.52. The molecule has 0 radical (unpaired) electrons. The van der Waals surface area contributed by atoms with Crippen LogP contribution in [0.5, 0.6) is 0 Å². The molecule has 82 valence electrons. The molecular weight excluding hydrogens is 231 g/mol. The lowest BCUT2D eigenvalue weighted by molar-refractivity contribution is 0.0924. The SMILES string of the molecule is CCCC(C)C(=O)c1ccc(Cl)cc1Cl. The van der Waals surface area contributed by atoms with Crippen LogP contribution in [0, 0.1) is 5.92 Å². The van der Waals surface area contributed by atoms with Gasteiger partial charge in [0.25, 0.3) is 0 Å². The molecule has 0 fully saturated rings. The molecule has 15 heavy (non-hydrogen) atoms. The zero-order valence-electron chi connectivity index (χ0n) is 8.89. The maximum absolute atomic E-state index is 11.9. The lowest BCUT2D eigenvalue weighted by atomic mass is 9.95. The van der Waals surface area contributed by atoms with Gasteiger partial charge in [-0.1, -0.05) is 43.5 Å². The number of benzene rings is 1. The highest BCUT2D eigenvalue weighted by molar-refractivity contribution is 6.36. The van der Waals surface area contributed by atoms with Crippen LogP contribution in [0.3, 0.4) is 0 Å². The van der Waals surface area contributed by atoms with Crippen LogP contribution in [0.1, 0.15) is 37.0 Å². The third kappa shape index (κ3) is 3.22. The highest BCUT2D eigenvalue weighted by Crippen LogP contribution is 2.24. The van der Waals surface area contributed by atoms with E-state index < -0.39 is 0 Å². The molecule has 3 heteroatoms. The fourth-order valence-corrected chi connectivity index (χ4v) is 2.02. The van der Waals surface area contributed by atoms with E-state index in [0.717, 1.165) is 12.8 Å². The average Bonchev–Trinajstić information content (AvgIpc) is 2.17. The molecule has 1 unspecified atom stereocenters. The van der Waals surface area contributed by atoms with Gasteiger partial charge in [0.05, 0.1) is 5.02 Å². The number of halogens is 2. The Morgan fingerprint density at radius 3 is 2.60 bits per heavy atom. The second kappa shape index (κ2) is 5.53. The van der Waals surface area contributed by atoms with Crippen molar-refractivity contribution in [3.05, 3.63) is 33.8 Å². The van der Waals surface area contributed by atoms with E-state index in [0.29, 0.717) is 15.6 Å². The second-order valence-electron chi connectivity index (χ2n) is 3.68. The number of rotatable bonds is 4. The Labute approximate surface area is 100 Å². The molecule has 1 nitrogen and oxygen atoms in total. The van der Waals surface area contributed by atoms with Gasteiger partial charge in [-0.25, -0.2) is 0 Å². The second-order valence-corrected chi connectivity index (χ2v) is 4.52. The minimum Gasteiger partial charge on any atom is -0.294 e. The van der Waals surface area contributed by atoms with Gasteiger partial charge < -0.3 is 0 Å². The maximum Gasteiger partial charge on any atom is 0.167 e. The van der Waals surface area contributed by atoms with Crippen molar-refractivity contribution in [2.75, 3.05) is 0 Å². The summed E-state index contributed by atoms with van der Waals surface area (Å²) in [4.78, 5) is 11.9. The summed E-state index contributed by atoms with van der Waals surface area (Å²) in [5.74, 6) is 0.118. The first kappa shape index (κ1) is 12.5. The van der Waals surface area contributed by atoms with E-state index in [1.165, 1.54) is 0 Å². The fraction of sp³-hybridized carbons (Fsp3) is 0.417. The summed E-state index contributed by atoms with van der Waals surface area (Å²) in [6.07, 6.45) is 1.88. The zero-order chi connectivity index (χ0) is 11.4. The highest BCUT2D eigenvalue weighted by Gasteiger charge is 2.16. The summed E-state index contributed by atoms with van der Waals surface area (Å²) >= 11 is 11.7. The van der Waals surface area contributed by atoms with E-state index in [1.807, 2.05) is 6.92 Å². The molecule has 1 aromatic carbocycles. The zero-order valence-corrected chi connectivity index (χ0v) is 10.4. The van der Waals surface area contributed by atoms with E-state index in [-0.39, 0.29) is 11.7 Å². The molecule has 0 bridgehead atoms. The Bertz CT molecular complexity index is 361. The molecule has 0 aliphatic rings. The molecule has 0 aliphatic heterocycles. The molecule has 0 N–H and O–H groups in total. The van der Waals surface area contributed by atoms with Crippen LogP contribution in [0.2, 0.25) is 10.0 Å². The van der Waals surface area contributed by atoms with Crippen LogP contribution in [0.4, 0.5) is 0 Å². The molecule has 0 heterocycles. The Balaban J connectivity index is 2.91. The molecule has 0 aromatic heterocycles. The standard InChI is InChI=1S/C12H14Cl2O/c1-3-4-8(2)12(15)10-6-5-9(13)7-11(10)14/h5-8H,3-4H2,1-2H3. The molecular formula is C12H14Cl2O. The van der Waals surface area contributed by atoms with Crippen molar-refractivity contribution in [1.82, 2.24) is 0 Å². The summed E-state index contributed by atoms with van der Waals surface area (Å²) < 4.78 is 0. The van der Waals surface area contributed by atoms with Crippen molar-refractivity contribution in [2.24, 2.45) is 5.92 Å². The van der Waals surface area contributed by atoms with Crippen molar-refractivity contribution in [2.45, 2.75) is 26.7 Å². The molecule has 0 aliphatic carbocycles. The van der Waals surface area contributed by atoms with Crippen LogP contribution in [0.15, 0.2) is 18.2 Å². The number of hydrogen-bond acceptors (Lipinski definition) is 1. The van der Waals surface area contributed by atoms with E-state index in [4.69, 9.17) is 23.2 Å². The minimum absolute atomic E-state index is 0.0219. The lowest BCUT2D eigenvalue weighted by Gasteiger charge is -2.10. The van der Waals surface area contributed by atoms with Crippen LogP contribution >= 0.6 is 23.2 Å². The number of ketones is 1. The van der Waals surface area contributed by atoms with Gasteiger partial charge in [-0.05, 0) is 24.6 Å². The van der Waals surface area contributed by atoms with E-state index >= 15 is 0 Å². The number of Topliss-reactive ketones (excluding diaryl/α,β-unsaturated/α-hetero) is 1. The summed E-state index contributed by atoms with van der Waals surface area (Å²) in [7, 11) is 0. The van der Waals surface area contributed by atoms with Crippen LogP contribution in [-0.4, -0.2) is 5.78 Å². The lowest BCUT2D eigenvalue weighted by Crippen LogP contribution is -2.11. The van der Waals surface area contributed by atoms with Gasteiger partial charge in [-0.15, -0.1) is 0 Å². The Hall–Kier alpha value is -0.530. The largest absolute Gasteiger partial charge is 0.294 e. The van der Waals surface area contributed by atoms with Gasteiger partial charge in [0.15, 0.2) is 5.78 Å². The highest BCUT2D eigenvalue weighted by atomic mass is 35.5. The van der Waals surface area contributed by atoms with Crippen LogP contribution in [0.25, 0.3) is 0 Å². The minimum atomic E-state index is 0.0219. The van der Waals surface area contributed by atoms with Gasteiger partial charge >= 0.3 is 0 Å². The molecule has 1 rings (SSSR count). The summed E-state index contributed by atoms with van der Waals surface area (Å²) in [5.41, 5.74) is 0.571. The number of hydrogen-bond donors (Lipinski definition) is 0. The Morgan fingerprint density at radius 1 is 1.40 bits per heavy atom. The van der Waals surface area contributed by atoms with Gasteiger partial charge in [0.2, 0.25) is 0 Å². The predicted molar refractivity (Wildman–Crippen MR) is 64.9 cm³/mol. The molecule has 0 saturated carbocycles. The summed E-state index contributed by atoms with van der Waals surface area (Å²) in [6, 6.07) is 4.99.